The number of aliphatic hydroxyl groups excluding tert-OH is 1. The van der Waals surface area contributed by atoms with Crippen molar-refractivity contribution in [3.8, 4) is 11.5 Å². The third-order valence-corrected chi connectivity index (χ3v) is 4.78. The van der Waals surface area contributed by atoms with E-state index in [9.17, 15) is 5.11 Å². The average molecular weight is 377 g/mol. The summed E-state index contributed by atoms with van der Waals surface area (Å²) >= 11 is 5.85. The molecule has 2 aromatic rings. The fourth-order valence-corrected chi connectivity index (χ4v) is 3.26. The van der Waals surface area contributed by atoms with E-state index in [1.54, 1.807) is 31.4 Å². The van der Waals surface area contributed by atoms with Crippen LogP contribution in [0.2, 0.25) is 5.02 Å². The number of ether oxygens (including phenoxy) is 2. The molecule has 1 fully saturated rings. The van der Waals surface area contributed by atoms with Gasteiger partial charge in [0, 0.05) is 37.7 Å². The Morgan fingerprint density at radius 2 is 1.73 bits per heavy atom. The summed E-state index contributed by atoms with van der Waals surface area (Å²) in [5, 5.41) is 10.9. The summed E-state index contributed by atoms with van der Waals surface area (Å²) in [6, 6.07) is 15.3. The number of piperazine rings is 1. The Hall–Kier alpha value is -1.95. The van der Waals surface area contributed by atoms with E-state index in [1.807, 2.05) is 18.2 Å². The van der Waals surface area contributed by atoms with Gasteiger partial charge in [0.2, 0.25) is 0 Å². The van der Waals surface area contributed by atoms with Crippen molar-refractivity contribution in [2.24, 2.45) is 0 Å². The van der Waals surface area contributed by atoms with E-state index in [-0.39, 0.29) is 6.61 Å². The van der Waals surface area contributed by atoms with Gasteiger partial charge in [0.05, 0.1) is 12.8 Å². The Balaban J connectivity index is 1.44. The largest absolute Gasteiger partial charge is 0.495 e. The molecule has 1 heterocycles. The Morgan fingerprint density at radius 1 is 1.04 bits per heavy atom. The summed E-state index contributed by atoms with van der Waals surface area (Å²) in [5.74, 6) is 1.62. The first-order valence-electron chi connectivity index (χ1n) is 8.82. The number of aliphatic hydroxyl groups is 1. The number of benzene rings is 2. The fourth-order valence-electron chi connectivity index (χ4n) is 3.14. The predicted octanol–water partition coefficient (Wildman–Crippen LogP) is 2.91. The lowest BCUT2D eigenvalue weighted by Crippen LogP contribution is -2.49. The third-order valence-electron chi connectivity index (χ3n) is 4.52. The molecule has 0 spiro atoms. The Labute approximate surface area is 159 Å². The van der Waals surface area contributed by atoms with E-state index >= 15 is 0 Å². The van der Waals surface area contributed by atoms with Crippen molar-refractivity contribution in [2.45, 2.75) is 6.10 Å². The molecule has 0 aliphatic carbocycles. The van der Waals surface area contributed by atoms with Crippen molar-refractivity contribution in [1.82, 2.24) is 4.90 Å². The second-order valence-corrected chi connectivity index (χ2v) is 6.81. The van der Waals surface area contributed by atoms with Crippen LogP contribution < -0.4 is 14.4 Å². The molecular formula is C20H25ClN2O3. The first kappa shape index (κ1) is 18.8. The molecule has 0 unspecified atom stereocenters. The molecule has 0 amide bonds. The molecule has 26 heavy (non-hydrogen) atoms. The number of hydrogen-bond acceptors (Lipinski definition) is 5. The van der Waals surface area contributed by atoms with Crippen LogP contribution in [0.15, 0.2) is 48.5 Å². The monoisotopic (exact) mass is 376 g/mol. The second-order valence-electron chi connectivity index (χ2n) is 6.38. The van der Waals surface area contributed by atoms with Crippen molar-refractivity contribution in [3.05, 3.63) is 53.6 Å². The van der Waals surface area contributed by atoms with Gasteiger partial charge < -0.3 is 19.5 Å². The summed E-state index contributed by atoms with van der Waals surface area (Å²) in [4.78, 5) is 4.59. The molecule has 1 aliphatic rings. The zero-order valence-corrected chi connectivity index (χ0v) is 15.7. The molecule has 1 N–H and O–H groups in total. The van der Waals surface area contributed by atoms with E-state index in [1.165, 1.54) is 0 Å². The standard InChI is InChI=1S/C20H25ClN2O3/c1-25-20-5-3-2-4-19(20)23-12-10-22(11-13-23)14-17(24)15-26-18-8-6-16(21)7-9-18/h2-9,17,24H,10-15H2,1H3/t17-/m1/s1. The highest BCUT2D eigenvalue weighted by atomic mass is 35.5. The van der Waals surface area contributed by atoms with Gasteiger partial charge in [0.1, 0.15) is 24.2 Å². The van der Waals surface area contributed by atoms with Crippen LogP contribution in [0.1, 0.15) is 0 Å². The number of anilines is 1. The molecule has 6 heteroatoms. The maximum Gasteiger partial charge on any atom is 0.142 e. The molecule has 1 aliphatic heterocycles. The molecule has 0 radical (unpaired) electrons. The Morgan fingerprint density at radius 3 is 2.42 bits per heavy atom. The van der Waals surface area contributed by atoms with Gasteiger partial charge in [-0.3, -0.25) is 4.90 Å². The van der Waals surface area contributed by atoms with E-state index in [4.69, 9.17) is 21.1 Å². The normalized spacial score (nSPS) is 16.3. The predicted molar refractivity (Wildman–Crippen MR) is 105 cm³/mol. The fraction of sp³-hybridized carbons (Fsp3) is 0.400. The summed E-state index contributed by atoms with van der Waals surface area (Å²) in [6.45, 7) is 4.49. The van der Waals surface area contributed by atoms with Crippen LogP contribution in [0.25, 0.3) is 0 Å². The first-order valence-corrected chi connectivity index (χ1v) is 9.20. The summed E-state index contributed by atoms with van der Waals surface area (Å²) in [6.07, 6.45) is -0.525. The van der Waals surface area contributed by atoms with Gasteiger partial charge in [-0.15, -0.1) is 0 Å². The van der Waals surface area contributed by atoms with Crippen LogP contribution in [0, 0.1) is 0 Å². The maximum absolute atomic E-state index is 10.3. The number of methoxy groups -OCH3 is 1. The minimum absolute atomic E-state index is 0.272. The van der Waals surface area contributed by atoms with E-state index in [2.05, 4.69) is 15.9 Å². The van der Waals surface area contributed by atoms with Crippen LogP contribution in [0.3, 0.4) is 0 Å². The van der Waals surface area contributed by atoms with Crippen molar-refractivity contribution in [3.63, 3.8) is 0 Å². The van der Waals surface area contributed by atoms with Gasteiger partial charge in [-0.25, -0.2) is 0 Å². The summed E-state index contributed by atoms with van der Waals surface area (Å²) < 4.78 is 11.1. The Kier molecular flexibility index (Phi) is 6.61. The number of rotatable bonds is 7. The quantitative estimate of drug-likeness (QED) is 0.805. The van der Waals surface area contributed by atoms with E-state index < -0.39 is 6.10 Å². The van der Waals surface area contributed by atoms with E-state index in [0.717, 1.165) is 43.4 Å². The second kappa shape index (κ2) is 9.12. The van der Waals surface area contributed by atoms with Crippen molar-refractivity contribution < 1.29 is 14.6 Å². The van der Waals surface area contributed by atoms with Gasteiger partial charge in [0.15, 0.2) is 0 Å². The topological polar surface area (TPSA) is 45.2 Å². The van der Waals surface area contributed by atoms with Crippen molar-refractivity contribution in [2.75, 3.05) is 51.3 Å². The number of nitrogens with zero attached hydrogens (tertiary/aromatic N) is 2. The highest BCUT2D eigenvalue weighted by Crippen LogP contribution is 2.28. The van der Waals surface area contributed by atoms with Gasteiger partial charge in [-0.1, -0.05) is 23.7 Å². The summed E-state index contributed by atoms with van der Waals surface area (Å²) in [7, 11) is 1.70. The maximum atomic E-state index is 10.3. The van der Waals surface area contributed by atoms with Crippen molar-refractivity contribution >= 4 is 17.3 Å². The molecule has 1 atom stereocenters. The molecule has 3 rings (SSSR count). The SMILES string of the molecule is COc1ccccc1N1CCN(C[C@@H](O)COc2ccc(Cl)cc2)CC1. The highest BCUT2D eigenvalue weighted by molar-refractivity contribution is 6.30. The minimum Gasteiger partial charge on any atom is -0.495 e. The molecule has 2 aromatic carbocycles. The van der Waals surface area contributed by atoms with Gasteiger partial charge >= 0.3 is 0 Å². The van der Waals surface area contributed by atoms with Gasteiger partial charge in [-0.2, -0.15) is 0 Å². The lowest BCUT2D eigenvalue weighted by molar-refractivity contribution is 0.0663. The third kappa shape index (κ3) is 5.04. The highest BCUT2D eigenvalue weighted by Gasteiger charge is 2.21. The summed E-state index contributed by atoms with van der Waals surface area (Å²) in [5.41, 5.74) is 1.13. The first-order chi connectivity index (χ1) is 12.7. The van der Waals surface area contributed by atoms with Crippen LogP contribution in [0.4, 0.5) is 5.69 Å². The number of halogens is 1. The van der Waals surface area contributed by atoms with E-state index in [0.29, 0.717) is 11.6 Å². The van der Waals surface area contributed by atoms with Gasteiger partial charge in [-0.05, 0) is 36.4 Å². The zero-order valence-electron chi connectivity index (χ0n) is 15.0. The van der Waals surface area contributed by atoms with Gasteiger partial charge in [0.25, 0.3) is 0 Å². The number of para-hydroxylation sites is 2. The minimum atomic E-state index is -0.525. The number of hydrogen-bond donors (Lipinski definition) is 1. The number of β-amino-alcohol motifs (C(OH)–C–C–N with tert-alkyl or cyclic N) is 1. The zero-order chi connectivity index (χ0) is 18.4. The molecule has 0 aromatic heterocycles. The Bertz CT molecular complexity index is 688. The van der Waals surface area contributed by atoms with Crippen LogP contribution in [-0.2, 0) is 0 Å². The molecule has 140 valence electrons. The van der Waals surface area contributed by atoms with Crippen LogP contribution in [0.5, 0.6) is 11.5 Å². The average Bonchev–Trinajstić information content (AvgIpc) is 2.68. The molecule has 5 nitrogen and oxygen atoms in total. The van der Waals surface area contributed by atoms with Crippen LogP contribution >= 0.6 is 11.6 Å². The molecule has 0 bridgehead atoms. The molecular weight excluding hydrogens is 352 g/mol. The lowest BCUT2D eigenvalue weighted by atomic mass is 10.2. The van der Waals surface area contributed by atoms with Crippen molar-refractivity contribution in [1.29, 1.82) is 0 Å². The molecule has 1 saturated heterocycles. The molecule has 0 saturated carbocycles. The van der Waals surface area contributed by atoms with Crippen LogP contribution in [-0.4, -0.2) is 62.6 Å². The lowest BCUT2D eigenvalue weighted by Gasteiger charge is -2.37. The smallest absolute Gasteiger partial charge is 0.142 e.